The van der Waals surface area contributed by atoms with Crippen molar-refractivity contribution in [1.82, 2.24) is 4.90 Å². The number of hydrogen-bond acceptors (Lipinski definition) is 2. The summed E-state index contributed by atoms with van der Waals surface area (Å²) in [6, 6.07) is 2.06. The van der Waals surface area contributed by atoms with E-state index in [0.29, 0.717) is 0 Å². The van der Waals surface area contributed by atoms with E-state index >= 15 is 0 Å². The summed E-state index contributed by atoms with van der Waals surface area (Å²) in [5.41, 5.74) is 1.31. The molecule has 2 heteroatoms. The molecule has 1 aliphatic rings. The molecule has 0 atom stereocenters. The predicted molar refractivity (Wildman–Crippen MR) is 44.0 cm³/mol. The zero-order valence-electron chi connectivity index (χ0n) is 6.63. The van der Waals surface area contributed by atoms with E-state index < -0.39 is 0 Å². The van der Waals surface area contributed by atoms with Crippen molar-refractivity contribution in [3.63, 3.8) is 0 Å². The first-order chi connectivity index (χ1) is 5.29. The van der Waals surface area contributed by atoms with Crippen LogP contribution in [0, 0.1) is 0 Å². The molecule has 2 heterocycles. The van der Waals surface area contributed by atoms with Crippen molar-refractivity contribution in [2.75, 3.05) is 7.05 Å². The SMILES string of the molecule is C=Cc1cc2c(o1)CN(C)C2. The lowest BCUT2D eigenvalue weighted by Gasteiger charge is -2.03. The summed E-state index contributed by atoms with van der Waals surface area (Å²) >= 11 is 0. The number of rotatable bonds is 1. The van der Waals surface area contributed by atoms with Crippen LogP contribution in [0.5, 0.6) is 0 Å². The van der Waals surface area contributed by atoms with Gasteiger partial charge >= 0.3 is 0 Å². The first-order valence-electron chi connectivity index (χ1n) is 3.72. The van der Waals surface area contributed by atoms with Crippen LogP contribution in [-0.4, -0.2) is 11.9 Å². The Bertz CT molecular complexity index is 264. The second-order valence-electron chi connectivity index (χ2n) is 2.97. The molecule has 2 nitrogen and oxygen atoms in total. The first kappa shape index (κ1) is 6.68. The Balaban J connectivity index is 2.36. The molecule has 1 aromatic heterocycles. The molecule has 2 rings (SSSR count). The fourth-order valence-corrected chi connectivity index (χ4v) is 1.45. The zero-order valence-corrected chi connectivity index (χ0v) is 6.63. The minimum absolute atomic E-state index is 0.892. The van der Waals surface area contributed by atoms with Crippen LogP contribution in [0.4, 0.5) is 0 Å². The lowest BCUT2D eigenvalue weighted by atomic mass is 10.3. The van der Waals surface area contributed by atoms with Gasteiger partial charge in [-0.1, -0.05) is 6.58 Å². The van der Waals surface area contributed by atoms with E-state index in [0.717, 1.165) is 24.6 Å². The van der Waals surface area contributed by atoms with Gasteiger partial charge in [-0.3, -0.25) is 4.90 Å². The van der Waals surface area contributed by atoms with Crippen molar-refractivity contribution in [3.05, 3.63) is 29.7 Å². The standard InChI is InChI=1S/C9H11NO/c1-3-8-4-7-5-10(2)6-9(7)11-8/h3-4H,1,5-6H2,2H3. The minimum Gasteiger partial charge on any atom is -0.460 e. The quantitative estimate of drug-likeness (QED) is 0.606. The summed E-state index contributed by atoms with van der Waals surface area (Å²) in [6.45, 7) is 5.60. The summed E-state index contributed by atoms with van der Waals surface area (Å²) in [5, 5.41) is 0. The molecule has 0 aromatic carbocycles. The average molecular weight is 149 g/mol. The summed E-state index contributed by atoms with van der Waals surface area (Å²) < 4.78 is 5.49. The topological polar surface area (TPSA) is 16.4 Å². The molecule has 1 aromatic rings. The molecule has 1 aliphatic heterocycles. The van der Waals surface area contributed by atoms with Crippen molar-refractivity contribution in [2.24, 2.45) is 0 Å². The fraction of sp³-hybridized carbons (Fsp3) is 0.333. The summed E-state index contributed by atoms with van der Waals surface area (Å²) in [6.07, 6.45) is 1.75. The summed E-state index contributed by atoms with van der Waals surface area (Å²) in [4.78, 5) is 2.22. The maximum Gasteiger partial charge on any atom is 0.126 e. The molecule has 58 valence electrons. The van der Waals surface area contributed by atoms with Crippen molar-refractivity contribution in [1.29, 1.82) is 0 Å². The maximum atomic E-state index is 5.49. The Hall–Kier alpha value is -1.02. The lowest BCUT2D eigenvalue weighted by molar-refractivity contribution is 0.326. The Kier molecular flexibility index (Phi) is 1.36. The summed E-state index contributed by atoms with van der Waals surface area (Å²) in [5.74, 6) is 1.99. The molecule has 0 amide bonds. The van der Waals surface area contributed by atoms with Gasteiger partial charge in [0, 0.05) is 12.1 Å². The second kappa shape index (κ2) is 2.24. The van der Waals surface area contributed by atoms with E-state index in [1.54, 1.807) is 6.08 Å². The molecule has 0 N–H and O–H groups in total. The van der Waals surface area contributed by atoms with Crippen LogP contribution in [-0.2, 0) is 13.1 Å². The van der Waals surface area contributed by atoms with Gasteiger partial charge in [0.1, 0.15) is 11.5 Å². The molecule has 0 saturated heterocycles. The van der Waals surface area contributed by atoms with Crippen LogP contribution < -0.4 is 0 Å². The van der Waals surface area contributed by atoms with E-state index in [-0.39, 0.29) is 0 Å². The van der Waals surface area contributed by atoms with Gasteiger partial charge in [-0.15, -0.1) is 0 Å². The maximum absolute atomic E-state index is 5.49. The van der Waals surface area contributed by atoms with Crippen LogP contribution in [0.1, 0.15) is 17.1 Å². The van der Waals surface area contributed by atoms with Gasteiger partial charge < -0.3 is 4.42 Å². The van der Waals surface area contributed by atoms with Gasteiger partial charge in [-0.05, 0) is 19.2 Å². The van der Waals surface area contributed by atoms with Gasteiger partial charge in [0.25, 0.3) is 0 Å². The monoisotopic (exact) mass is 149 g/mol. The molecule has 0 unspecified atom stereocenters. The van der Waals surface area contributed by atoms with E-state index in [2.05, 4.69) is 24.6 Å². The van der Waals surface area contributed by atoms with Crippen LogP contribution in [0.15, 0.2) is 17.1 Å². The summed E-state index contributed by atoms with van der Waals surface area (Å²) in [7, 11) is 2.09. The normalized spacial score (nSPS) is 16.8. The highest BCUT2D eigenvalue weighted by atomic mass is 16.3. The van der Waals surface area contributed by atoms with Gasteiger partial charge in [0.2, 0.25) is 0 Å². The first-order valence-corrected chi connectivity index (χ1v) is 3.72. The van der Waals surface area contributed by atoms with E-state index in [1.165, 1.54) is 5.56 Å². The van der Waals surface area contributed by atoms with Crippen LogP contribution >= 0.6 is 0 Å². The van der Waals surface area contributed by atoms with Gasteiger partial charge in [-0.25, -0.2) is 0 Å². The van der Waals surface area contributed by atoms with Gasteiger partial charge in [0.05, 0.1) is 6.54 Å². The van der Waals surface area contributed by atoms with Crippen molar-refractivity contribution >= 4 is 6.08 Å². The Morgan fingerprint density at radius 1 is 1.64 bits per heavy atom. The van der Waals surface area contributed by atoms with Crippen molar-refractivity contribution in [2.45, 2.75) is 13.1 Å². The average Bonchev–Trinajstić information content (AvgIpc) is 2.43. The molecule has 0 aliphatic carbocycles. The molecule has 0 bridgehead atoms. The minimum atomic E-state index is 0.892. The molecule has 0 saturated carbocycles. The van der Waals surface area contributed by atoms with Crippen LogP contribution in [0.3, 0.4) is 0 Å². The Morgan fingerprint density at radius 3 is 3.09 bits per heavy atom. The highest BCUT2D eigenvalue weighted by Crippen LogP contribution is 2.25. The largest absolute Gasteiger partial charge is 0.460 e. The third kappa shape index (κ3) is 0.994. The Labute approximate surface area is 66.1 Å². The highest BCUT2D eigenvalue weighted by molar-refractivity contribution is 5.43. The number of furan rings is 1. The smallest absolute Gasteiger partial charge is 0.126 e. The lowest BCUT2D eigenvalue weighted by Crippen LogP contribution is -2.07. The second-order valence-corrected chi connectivity index (χ2v) is 2.97. The molecule has 0 spiro atoms. The number of hydrogen-bond donors (Lipinski definition) is 0. The zero-order chi connectivity index (χ0) is 7.84. The predicted octanol–water partition coefficient (Wildman–Crippen LogP) is 1.87. The number of nitrogens with zero attached hydrogens (tertiary/aromatic N) is 1. The van der Waals surface area contributed by atoms with Crippen molar-refractivity contribution < 1.29 is 4.42 Å². The van der Waals surface area contributed by atoms with Gasteiger partial charge in [0.15, 0.2) is 0 Å². The molecule has 0 radical (unpaired) electrons. The Morgan fingerprint density at radius 2 is 2.45 bits per heavy atom. The third-order valence-electron chi connectivity index (χ3n) is 1.97. The highest BCUT2D eigenvalue weighted by Gasteiger charge is 2.19. The molecular weight excluding hydrogens is 138 g/mol. The third-order valence-corrected chi connectivity index (χ3v) is 1.97. The van der Waals surface area contributed by atoms with E-state index in [9.17, 15) is 0 Å². The molecule has 11 heavy (non-hydrogen) atoms. The molecular formula is C9H11NO. The fourth-order valence-electron chi connectivity index (χ4n) is 1.45. The van der Waals surface area contributed by atoms with Gasteiger partial charge in [-0.2, -0.15) is 0 Å². The van der Waals surface area contributed by atoms with E-state index in [4.69, 9.17) is 4.42 Å². The molecule has 0 fully saturated rings. The van der Waals surface area contributed by atoms with Crippen molar-refractivity contribution in [3.8, 4) is 0 Å². The van der Waals surface area contributed by atoms with Crippen LogP contribution in [0.25, 0.3) is 6.08 Å². The number of fused-ring (bicyclic) bond motifs is 1. The van der Waals surface area contributed by atoms with E-state index in [1.807, 2.05) is 0 Å². The van der Waals surface area contributed by atoms with Crippen LogP contribution in [0.2, 0.25) is 0 Å².